The van der Waals surface area contributed by atoms with Crippen molar-refractivity contribution in [1.29, 1.82) is 0 Å². The van der Waals surface area contributed by atoms with Crippen molar-refractivity contribution < 1.29 is 0 Å². The van der Waals surface area contributed by atoms with E-state index in [2.05, 4.69) is 22.4 Å². The number of hydrogen-bond donors (Lipinski definition) is 2. The van der Waals surface area contributed by atoms with Crippen molar-refractivity contribution in [2.75, 3.05) is 17.4 Å². The number of pyridine rings is 1. The van der Waals surface area contributed by atoms with Crippen molar-refractivity contribution in [2.45, 2.75) is 38.1 Å². The van der Waals surface area contributed by atoms with Crippen LogP contribution in [0.2, 0.25) is 0 Å². The minimum absolute atomic E-state index is 0.651. The summed E-state index contributed by atoms with van der Waals surface area (Å²) in [6, 6.07) is 4.63. The van der Waals surface area contributed by atoms with Crippen LogP contribution in [-0.4, -0.2) is 18.1 Å². The number of nitrogens with one attached hydrogen (secondary N) is 1. The van der Waals surface area contributed by atoms with E-state index in [0.717, 1.165) is 11.5 Å². The molecule has 1 saturated carbocycles. The van der Waals surface area contributed by atoms with Crippen molar-refractivity contribution in [1.82, 2.24) is 4.98 Å². The first-order valence-corrected chi connectivity index (χ1v) is 5.97. The van der Waals surface area contributed by atoms with E-state index >= 15 is 0 Å². The summed E-state index contributed by atoms with van der Waals surface area (Å²) in [5.41, 5.74) is 3.44. The van der Waals surface area contributed by atoms with Crippen LogP contribution in [0.3, 0.4) is 0 Å². The summed E-state index contributed by atoms with van der Waals surface area (Å²) >= 11 is 0. The highest BCUT2D eigenvalue weighted by Crippen LogP contribution is 2.25. The normalized spacial score (nSPS) is 17.1. The average molecular weight is 220 g/mol. The maximum absolute atomic E-state index is 5.32. The van der Waals surface area contributed by atoms with Gasteiger partial charge in [-0.3, -0.25) is 5.84 Å². The zero-order valence-corrected chi connectivity index (χ0v) is 9.82. The Labute approximate surface area is 96.8 Å². The Morgan fingerprint density at radius 2 is 2.06 bits per heavy atom. The van der Waals surface area contributed by atoms with Gasteiger partial charge < -0.3 is 10.3 Å². The molecule has 2 rings (SSSR count). The molecule has 1 heterocycles. The van der Waals surface area contributed by atoms with E-state index in [1.54, 1.807) is 6.20 Å². The lowest BCUT2D eigenvalue weighted by Gasteiger charge is -2.32. The lowest BCUT2D eigenvalue weighted by molar-refractivity contribution is 0.426. The molecule has 0 saturated heterocycles. The second-order valence-electron chi connectivity index (χ2n) is 4.45. The molecule has 3 N–H and O–H groups in total. The molecular weight excluding hydrogens is 200 g/mol. The quantitative estimate of drug-likeness (QED) is 0.605. The summed E-state index contributed by atoms with van der Waals surface area (Å²) in [6.07, 6.45) is 8.42. The van der Waals surface area contributed by atoms with Gasteiger partial charge in [-0.15, -0.1) is 0 Å². The first-order chi connectivity index (χ1) is 7.81. The molecule has 0 bridgehead atoms. The summed E-state index contributed by atoms with van der Waals surface area (Å²) < 4.78 is 0. The molecule has 0 aromatic carbocycles. The number of hydrogen-bond acceptors (Lipinski definition) is 4. The summed E-state index contributed by atoms with van der Waals surface area (Å²) in [7, 11) is 2.13. The molecule has 1 fully saturated rings. The van der Waals surface area contributed by atoms with Crippen LogP contribution < -0.4 is 16.2 Å². The Morgan fingerprint density at radius 3 is 2.62 bits per heavy atom. The monoisotopic (exact) mass is 220 g/mol. The molecule has 4 nitrogen and oxygen atoms in total. The highest BCUT2D eigenvalue weighted by Gasteiger charge is 2.18. The number of hydrazine groups is 1. The Hall–Kier alpha value is -1.29. The van der Waals surface area contributed by atoms with Gasteiger partial charge in [0.2, 0.25) is 0 Å². The third kappa shape index (κ3) is 2.44. The van der Waals surface area contributed by atoms with E-state index in [1.165, 1.54) is 32.1 Å². The van der Waals surface area contributed by atoms with Gasteiger partial charge in [-0.2, -0.15) is 0 Å². The molecule has 0 unspecified atom stereocenters. The van der Waals surface area contributed by atoms with Crippen molar-refractivity contribution in [3.63, 3.8) is 0 Å². The second-order valence-corrected chi connectivity index (χ2v) is 4.45. The van der Waals surface area contributed by atoms with Crippen LogP contribution in [0.4, 0.5) is 11.5 Å². The van der Waals surface area contributed by atoms with Gasteiger partial charge in [0.05, 0.1) is 11.9 Å². The topological polar surface area (TPSA) is 54.2 Å². The number of anilines is 2. The minimum Gasteiger partial charge on any atom is -0.357 e. The highest BCUT2D eigenvalue weighted by atomic mass is 15.2. The third-order valence-corrected chi connectivity index (χ3v) is 3.40. The van der Waals surface area contributed by atoms with Crippen LogP contribution in [0.1, 0.15) is 32.1 Å². The van der Waals surface area contributed by atoms with Crippen LogP contribution in [0.25, 0.3) is 0 Å². The summed E-state index contributed by atoms with van der Waals surface area (Å²) in [4.78, 5) is 6.70. The fourth-order valence-corrected chi connectivity index (χ4v) is 2.34. The minimum atomic E-state index is 0.651. The number of nitrogen functional groups attached to an aromatic ring is 1. The van der Waals surface area contributed by atoms with Crippen LogP contribution in [0, 0.1) is 0 Å². The number of nitrogens with zero attached hydrogens (tertiary/aromatic N) is 2. The van der Waals surface area contributed by atoms with Crippen LogP contribution in [0.5, 0.6) is 0 Å². The SMILES string of the molecule is CN(c1ccc(NN)cn1)C1CCCCC1. The molecular formula is C12H20N4. The fraction of sp³-hybridized carbons (Fsp3) is 0.583. The number of rotatable bonds is 3. The molecule has 16 heavy (non-hydrogen) atoms. The standard InChI is InChI=1S/C12H20N4/c1-16(11-5-3-2-4-6-11)12-8-7-10(15-13)9-14-12/h7-9,11,15H,2-6,13H2,1H3. The summed E-state index contributed by atoms with van der Waals surface area (Å²) in [6.45, 7) is 0. The Balaban J connectivity index is 2.04. The number of aromatic nitrogens is 1. The fourth-order valence-electron chi connectivity index (χ4n) is 2.34. The lowest BCUT2D eigenvalue weighted by Crippen LogP contribution is -2.33. The van der Waals surface area contributed by atoms with Gasteiger partial charge in [0, 0.05) is 13.1 Å². The van der Waals surface area contributed by atoms with Gasteiger partial charge in [-0.1, -0.05) is 19.3 Å². The van der Waals surface area contributed by atoms with E-state index in [9.17, 15) is 0 Å². The Bertz CT molecular complexity index is 316. The molecule has 0 aliphatic heterocycles. The summed E-state index contributed by atoms with van der Waals surface area (Å²) in [5, 5.41) is 0. The molecule has 1 aromatic rings. The lowest BCUT2D eigenvalue weighted by atomic mass is 9.94. The van der Waals surface area contributed by atoms with Gasteiger partial charge in [0.15, 0.2) is 0 Å². The first kappa shape index (κ1) is 11.2. The predicted molar refractivity (Wildman–Crippen MR) is 67.3 cm³/mol. The van der Waals surface area contributed by atoms with Crippen LogP contribution in [0.15, 0.2) is 18.3 Å². The maximum Gasteiger partial charge on any atom is 0.128 e. The molecule has 1 aliphatic rings. The largest absolute Gasteiger partial charge is 0.357 e. The van der Waals surface area contributed by atoms with Crippen LogP contribution in [-0.2, 0) is 0 Å². The third-order valence-electron chi connectivity index (χ3n) is 3.40. The van der Waals surface area contributed by atoms with E-state index in [0.29, 0.717) is 6.04 Å². The number of nitrogens with two attached hydrogens (primary N) is 1. The molecule has 0 radical (unpaired) electrons. The second kappa shape index (κ2) is 5.16. The molecule has 1 aliphatic carbocycles. The van der Waals surface area contributed by atoms with E-state index in [4.69, 9.17) is 5.84 Å². The average Bonchev–Trinajstić information content (AvgIpc) is 2.39. The van der Waals surface area contributed by atoms with Gasteiger partial charge >= 0.3 is 0 Å². The van der Waals surface area contributed by atoms with Gasteiger partial charge in [0.25, 0.3) is 0 Å². The zero-order chi connectivity index (χ0) is 11.4. The van der Waals surface area contributed by atoms with Gasteiger partial charge in [-0.05, 0) is 25.0 Å². The van der Waals surface area contributed by atoms with Crippen LogP contribution >= 0.6 is 0 Å². The van der Waals surface area contributed by atoms with Crippen molar-refractivity contribution in [3.05, 3.63) is 18.3 Å². The van der Waals surface area contributed by atoms with Crippen molar-refractivity contribution >= 4 is 11.5 Å². The van der Waals surface area contributed by atoms with E-state index in [-0.39, 0.29) is 0 Å². The molecule has 0 atom stereocenters. The van der Waals surface area contributed by atoms with E-state index in [1.807, 2.05) is 12.1 Å². The molecule has 88 valence electrons. The van der Waals surface area contributed by atoms with Gasteiger partial charge in [0.1, 0.15) is 5.82 Å². The Kier molecular flexibility index (Phi) is 3.62. The van der Waals surface area contributed by atoms with Crippen molar-refractivity contribution in [3.8, 4) is 0 Å². The van der Waals surface area contributed by atoms with E-state index < -0.39 is 0 Å². The first-order valence-electron chi connectivity index (χ1n) is 5.97. The summed E-state index contributed by atoms with van der Waals surface area (Å²) in [5.74, 6) is 6.35. The maximum atomic E-state index is 5.32. The smallest absolute Gasteiger partial charge is 0.128 e. The molecule has 4 heteroatoms. The zero-order valence-electron chi connectivity index (χ0n) is 9.82. The van der Waals surface area contributed by atoms with Crippen molar-refractivity contribution in [2.24, 2.45) is 5.84 Å². The Morgan fingerprint density at radius 1 is 1.31 bits per heavy atom. The molecule has 0 spiro atoms. The van der Waals surface area contributed by atoms with Gasteiger partial charge in [-0.25, -0.2) is 4.98 Å². The molecule has 1 aromatic heterocycles. The predicted octanol–water partition coefficient (Wildman–Crippen LogP) is 2.14. The highest BCUT2D eigenvalue weighted by molar-refractivity contribution is 5.47. The molecule has 0 amide bonds.